The van der Waals surface area contributed by atoms with Gasteiger partial charge in [0.25, 0.3) is 0 Å². The lowest BCUT2D eigenvalue weighted by Gasteiger charge is -2.22. The molecule has 140 valence electrons. The van der Waals surface area contributed by atoms with Crippen LogP contribution in [-0.2, 0) is 4.74 Å². The molecule has 3 aromatic rings. The third kappa shape index (κ3) is 4.12. The summed E-state index contributed by atoms with van der Waals surface area (Å²) in [6.07, 6.45) is 3.82. The van der Waals surface area contributed by atoms with Crippen LogP contribution in [-0.4, -0.2) is 28.3 Å². The Labute approximate surface area is 163 Å². The monoisotopic (exact) mass is 407 g/mol. The van der Waals surface area contributed by atoms with Crippen LogP contribution in [0.15, 0.2) is 36.7 Å². The lowest BCUT2D eigenvalue weighted by Crippen LogP contribution is -2.32. The molecule has 1 N–H and O–H groups in total. The molecule has 1 fully saturated rings. The molecule has 27 heavy (non-hydrogen) atoms. The largest absolute Gasteiger partial charge is 0.483 e. The van der Waals surface area contributed by atoms with Crippen molar-refractivity contribution in [1.82, 2.24) is 9.97 Å². The number of pyridine rings is 1. The predicted molar refractivity (Wildman–Crippen MR) is 101 cm³/mol. The summed E-state index contributed by atoms with van der Waals surface area (Å²) in [5.74, 6) is -0.411. The first-order chi connectivity index (χ1) is 13.1. The Morgan fingerprint density at radius 1 is 1.33 bits per heavy atom. The van der Waals surface area contributed by atoms with Crippen LogP contribution in [0.5, 0.6) is 5.75 Å². The van der Waals surface area contributed by atoms with Crippen LogP contribution in [0, 0.1) is 5.82 Å². The second-order valence-electron chi connectivity index (χ2n) is 6.11. The van der Waals surface area contributed by atoms with E-state index in [9.17, 15) is 9.18 Å². The Bertz CT molecular complexity index is 969. The first-order valence-electron chi connectivity index (χ1n) is 8.38. The number of amides is 1. The number of carbonyl (C=O) groups excluding carboxylic acids is 1. The number of hydrogen-bond acceptors (Lipinski definition) is 6. The summed E-state index contributed by atoms with van der Waals surface area (Å²) >= 11 is 7.13. The lowest BCUT2D eigenvalue weighted by molar-refractivity contribution is 0.0401. The van der Waals surface area contributed by atoms with Gasteiger partial charge in [-0.2, -0.15) is 0 Å². The van der Waals surface area contributed by atoms with E-state index in [1.807, 2.05) is 0 Å². The number of nitrogens with one attached hydrogen (secondary N) is 1. The molecular formula is C18H15ClFN3O3S. The average Bonchev–Trinajstić information content (AvgIpc) is 3.21. The average molecular weight is 408 g/mol. The molecule has 1 aliphatic carbocycles. The van der Waals surface area contributed by atoms with E-state index >= 15 is 0 Å². The second-order valence-corrected chi connectivity index (χ2v) is 7.73. The summed E-state index contributed by atoms with van der Waals surface area (Å²) in [7, 11) is 0. The van der Waals surface area contributed by atoms with E-state index in [-0.39, 0.29) is 5.75 Å². The maximum absolute atomic E-state index is 14.3. The van der Waals surface area contributed by atoms with Crippen molar-refractivity contribution in [1.29, 1.82) is 0 Å². The molecule has 2 aromatic heterocycles. The standard InChI is InChI=1S/C18H15ClFN3O3S/c19-17-23-12-7-11(20)15(8-16(12)27-17)25-13-4-1-5-14(13)26-18(24)22-10-3-2-6-21-9-10/h2-3,6-9,13-14H,1,4-5H2,(H,22,24)/t13-,14+/m1/s1. The third-order valence-corrected chi connectivity index (χ3v) is 5.38. The normalized spacial score (nSPS) is 19.2. The van der Waals surface area contributed by atoms with Gasteiger partial charge in [-0.15, -0.1) is 11.3 Å². The fraction of sp³-hybridized carbons (Fsp3) is 0.278. The summed E-state index contributed by atoms with van der Waals surface area (Å²) in [5.41, 5.74) is 1.03. The predicted octanol–water partition coefficient (Wildman–Crippen LogP) is 5.03. The Kier molecular flexibility index (Phi) is 5.09. The number of carbonyl (C=O) groups is 1. The second kappa shape index (κ2) is 7.66. The summed E-state index contributed by atoms with van der Waals surface area (Å²) in [4.78, 5) is 20.1. The van der Waals surface area contributed by atoms with Crippen LogP contribution in [0.2, 0.25) is 4.47 Å². The topological polar surface area (TPSA) is 73.3 Å². The van der Waals surface area contributed by atoms with Gasteiger partial charge in [0.2, 0.25) is 0 Å². The summed E-state index contributed by atoms with van der Waals surface area (Å²) < 4.78 is 26.7. The van der Waals surface area contributed by atoms with Gasteiger partial charge in [0.15, 0.2) is 16.0 Å². The number of anilines is 1. The van der Waals surface area contributed by atoms with Crippen LogP contribution in [0.4, 0.5) is 14.9 Å². The van der Waals surface area contributed by atoms with Gasteiger partial charge in [-0.3, -0.25) is 10.3 Å². The van der Waals surface area contributed by atoms with E-state index in [4.69, 9.17) is 21.1 Å². The van der Waals surface area contributed by atoms with E-state index in [1.54, 1.807) is 24.4 Å². The molecule has 2 heterocycles. The first-order valence-corrected chi connectivity index (χ1v) is 9.58. The number of rotatable bonds is 4. The van der Waals surface area contributed by atoms with Crippen molar-refractivity contribution in [2.24, 2.45) is 0 Å². The van der Waals surface area contributed by atoms with Gasteiger partial charge >= 0.3 is 6.09 Å². The number of halogens is 2. The van der Waals surface area contributed by atoms with Crippen molar-refractivity contribution in [2.45, 2.75) is 31.5 Å². The molecule has 0 unspecified atom stereocenters. The van der Waals surface area contributed by atoms with Gasteiger partial charge in [-0.25, -0.2) is 14.2 Å². The number of hydrogen-bond donors (Lipinski definition) is 1. The highest BCUT2D eigenvalue weighted by Gasteiger charge is 2.33. The Balaban J connectivity index is 1.44. The van der Waals surface area contributed by atoms with Crippen molar-refractivity contribution in [3.63, 3.8) is 0 Å². The van der Waals surface area contributed by atoms with Crippen LogP contribution in [0.3, 0.4) is 0 Å². The van der Waals surface area contributed by atoms with Gasteiger partial charge in [0.05, 0.1) is 22.1 Å². The fourth-order valence-corrected chi connectivity index (χ4v) is 4.08. The smallest absolute Gasteiger partial charge is 0.412 e. The highest BCUT2D eigenvalue weighted by molar-refractivity contribution is 7.22. The molecule has 1 saturated carbocycles. The Hall–Kier alpha value is -2.45. The Morgan fingerprint density at radius 2 is 2.19 bits per heavy atom. The molecule has 6 nitrogen and oxygen atoms in total. The van der Waals surface area contributed by atoms with Crippen LogP contribution in [0.1, 0.15) is 19.3 Å². The van der Waals surface area contributed by atoms with E-state index in [0.29, 0.717) is 28.5 Å². The number of fused-ring (bicyclic) bond motifs is 1. The number of benzene rings is 1. The van der Waals surface area contributed by atoms with Gasteiger partial charge in [0, 0.05) is 18.3 Å². The maximum atomic E-state index is 14.3. The lowest BCUT2D eigenvalue weighted by atomic mass is 10.2. The highest BCUT2D eigenvalue weighted by Crippen LogP contribution is 2.34. The summed E-state index contributed by atoms with van der Waals surface area (Å²) in [6, 6.07) is 6.30. The Morgan fingerprint density at radius 3 is 3.00 bits per heavy atom. The van der Waals surface area contributed by atoms with Crippen molar-refractivity contribution >= 4 is 44.9 Å². The van der Waals surface area contributed by atoms with Crippen molar-refractivity contribution in [3.8, 4) is 5.75 Å². The van der Waals surface area contributed by atoms with E-state index in [1.165, 1.54) is 23.6 Å². The molecule has 0 bridgehead atoms. The molecule has 2 atom stereocenters. The van der Waals surface area contributed by atoms with E-state index in [0.717, 1.165) is 11.1 Å². The van der Waals surface area contributed by atoms with Crippen LogP contribution < -0.4 is 10.1 Å². The SMILES string of the molecule is O=C(Nc1cccnc1)O[C@H]1CCC[C@H]1Oc1cc2sc(Cl)nc2cc1F. The number of aromatic nitrogens is 2. The quantitative estimate of drug-likeness (QED) is 0.656. The zero-order valence-corrected chi connectivity index (χ0v) is 15.6. The van der Waals surface area contributed by atoms with Crippen molar-refractivity contribution < 1.29 is 18.7 Å². The molecule has 1 aromatic carbocycles. The minimum Gasteiger partial charge on any atom is -0.483 e. The number of thiazole rings is 1. The molecule has 1 aliphatic rings. The molecular weight excluding hydrogens is 393 g/mol. The minimum atomic E-state index is -0.589. The molecule has 4 rings (SSSR count). The number of ether oxygens (including phenoxy) is 2. The molecule has 0 aliphatic heterocycles. The van der Waals surface area contributed by atoms with Crippen LogP contribution in [0.25, 0.3) is 10.2 Å². The van der Waals surface area contributed by atoms with Crippen LogP contribution >= 0.6 is 22.9 Å². The number of nitrogens with zero attached hydrogens (tertiary/aromatic N) is 2. The summed E-state index contributed by atoms with van der Waals surface area (Å²) in [5, 5.41) is 2.62. The highest BCUT2D eigenvalue weighted by atomic mass is 35.5. The van der Waals surface area contributed by atoms with Gasteiger partial charge in [-0.1, -0.05) is 11.6 Å². The molecule has 0 spiro atoms. The zero-order chi connectivity index (χ0) is 18.8. The van der Waals surface area contributed by atoms with Gasteiger partial charge in [0.1, 0.15) is 12.2 Å². The molecule has 9 heteroatoms. The maximum Gasteiger partial charge on any atom is 0.412 e. The van der Waals surface area contributed by atoms with Gasteiger partial charge < -0.3 is 9.47 Å². The molecule has 0 radical (unpaired) electrons. The first kappa shape index (κ1) is 17.9. The fourth-order valence-electron chi connectivity index (χ4n) is 3.04. The molecule has 1 amide bonds. The van der Waals surface area contributed by atoms with Gasteiger partial charge in [-0.05, 0) is 31.4 Å². The molecule has 0 saturated heterocycles. The zero-order valence-electron chi connectivity index (χ0n) is 14.0. The van der Waals surface area contributed by atoms with Crippen molar-refractivity contribution in [2.75, 3.05) is 5.32 Å². The minimum absolute atomic E-state index is 0.107. The third-order valence-electron chi connectivity index (χ3n) is 4.25. The van der Waals surface area contributed by atoms with Crippen molar-refractivity contribution in [3.05, 3.63) is 46.9 Å². The van der Waals surface area contributed by atoms with E-state index < -0.39 is 24.1 Å². The summed E-state index contributed by atoms with van der Waals surface area (Å²) in [6.45, 7) is 0. The van der Waals surface area contributed by atoms with E-state index in [2.05, 4.69) is 15.3 Å².